The Morgan fingerprint density at radius 3 is 2.57 bits per heavy atom. The molecule has 106 valence electrons. The predicted molar refractivity (Wildman–Crippen MR) is 82.7 cm³/mol. The molecule has 1 aliphatic rings. The van der Waals surface area contributed by atoms with Gasteiger partial charge in [-0.15, -0.1) is 0 Å². The Kier molecular flexibility index (Phi) is 3.31. The van der Waals surface area contributed by atoms with Gasteiger partial charge in [0, 0.05) is 18.3 Å². The smallest absolute Gasteiger partial charge is 0.258 e. The van der Waals surface area contributed by atoms with E-state index in [-0.39, 0.29) is 18.4 Å². The largest absolute Gasteiger partial charge is 0.388 e. The first-order chi connectivity index (χ1) is 10.2. The van der Waals surface area contributed by atoms with Crippen molar-refractivity contribution in [1.82, 2.24) is 0 Å². The van der Waals surface area contributed by atoms with Gasteiger partial charge in [0.05, 0.1) is 11.4 Å². The van der Waals surface area contributed by atoms with Crippen LogP contribution in [0, 0.1) is 0 Å². The van der Waals surface area contributed by atoms with Crippen LogP contribution in [-0.4, -0.2) is 25.4 Å². The average molecular weight is 281 g/mol. The van der Waals surface area contributed by atoms with Crippen LogP contribution in [0.5, 0.6) is 0 Å². The summed E-state index contributed by atoms with van der Waals surface area (Å²) < 4.78 is 0. The van der Waals surface area contributed by atoms with E-state index in [4.69, 9.17) is 0 Å². The second-order valence-corrected chi connectivity index (χ2v) is 4.78. The van der Waals surface area contributed by atoms with Gasteiger partial charge in [-0.3, -0.25) is 14.5 Å². The SMILES string of the molecule is CNc1ccc(C(=O)N2CC(=O)Nc3ccccc32)cc1. The van der Waals surface area contributed by atoms with E-state index in [2.05, 4.69) is 10.6 Å². The molecule has 0 bridgehead atoms. The average Bonchev–Trinajstić information content (AvgIpc) is 2.53. The van der Waals surface area contributed by atoms with Gasteiger partial charge in [-0.1, -0.05) is 12.1 Å². The van der Waals surface area contributed by atoms with Gasteiger partial charge in [0.15, 0.2) is 0 Å². The van der Waals surface area contributed by atoms with Crippen LogP contribution >= 0.6 is 0 Å². The lowest BCUT2D eigenvalue weighted by molar-refractivity contribution is -0.115. The number of nitrogens with zero attached hydrogens (tertiary/aromatic N) is 1. The van der Waals surface area contributed by atoms with E-state index in [1.54, 1.807) is 18.2 Å². The number of amides is 2. The van der Waals surface area contributed by atoms with Gasteiger partial charge in [-0.25, -0.2) is 0 Å². The zero-order valence-corrected chi connectivity index (χ0v) is 11.6. The number of carbonyl (C=O) groups excluding carboxylic acids is 2. The number of benzene rings is 2. The zero-order valence-electron chi connectivity index (χ0n) is 11.6. The van der Waals surface area contributed by atoms with Gasteiger partial charge in [0.2, 0.25) is 5.91 Å². The lowest BCUT2D eigenvalue weighted by Crippen LogP contribution is -2.42. The molecule has 2 aromatic carbocycles. The van der Waals surface area contributed by atoms with Crippen LogP contribution in [0.3, 0.4) is 0 Å². The Labute approximate surface area is 122 Å². The van der Waals surface area contributed by atoms with E-state index in [1.807, 2.05) is 37.4 Å². The third-order valence-electron chi connectivity index (χ3n) is 3.44. The second-order valence-electron chi connectivity index (χ2n) is 4.78. The van der Waals surface area contributed by atoms with Crippen molar-refractivity contribution < 1.29 is 9.59 Å². The van der Waals surface area contributed by atoms with Gasteiger partial charge in [-0.2, -0.15) is 0 Å². The number of rotatable bonds is 2. The molecule has 0 saturated carbocycles. The van der Waals surface area contributed by atoms with Crippen molar-refractivity contribution in [1.29, 1.82) is 0 Å². The number of carbonyl (C=O) groups is 2. The minimum Gasteiger partial charge on any atom is -0.388 e. The molecule has 0 aromatic heterocycles. The van der Waals surface area contributed by atoms with Crippen LogP contribution in [0.4, 0.5) is 17.1 Å². The monoisotopic (exact) mass is 281 g/mol. The van der Waals surface area contributed by atoms with Crippen molar-refractivity contribution in [2.45, 2.75) is 0 Å². The van der Waals surface area contributed by atoms with E-state index in [1.165, 1.54) is 4.90 Å². The second kappa shape index (κ2) is 5.28. The maximum atomic E-state index is 12.6. The molecule has 0 fully saturated rings. The minimum atomic E-state index is -0.186. The number of para-hydroxylation sites is 2. The first-order valence-electron chi connectivity index (χ1n) is 6.67. The van der Waals surface area contributed by atoms with Crippen LogP contribution in [0.15, 0.2) is 48.5 Å². The summed E-state index contributed by atoms with van der Waals surface area (Å²) in [6.45, 7) is 0.0314. The van der Waals surface area contributed by atoms with E-state index < -0.39 is 0 Å². The van der Waals surface area contributed by atoms with Crippen molar-refractivity contribution in [2.75, 3.05) is 29.1 Å². The standard InChI is InChI=1S/C16H15N3O2/c1-17-12-8-6-11(7-9-12)16(21)19-10-15(20)18-13-4-2-3-5-14(13)19/h2-9,17H,10H2,1H3,(H,18,20). The Morgan fingerprint density at radius 2 is 1.86 bits per heavy atom. The highest BCUT2D eigenvalue weighted by atomic mass is 16.2. The lowest BCUT2D eigenvalue weighted by atomic mass is 10.1. The van der Waals surface area contributed by atoms with Crippen LogP contribution in [0.1, 0.15) is 10.4 Å². The Hall–Kier alpha value is -2.82. The molecule has 0 aliphatic carbocycles. The molecule has 0 saturated heterocycles. The van der Waals surface area contributed by atoms with Crippen molar-refractivity contribution >= 4 is 28.9 Å². The number of anilines is 3. The number of hydrogen-bond acceptors (Lipinski definition) is 3. The fourth-order valence-electron chi connectivity index (χ4n) is 2.35. The third-order valence-corrected chi connectivity index (χ3v) is 3.44. The van der Waals surface area contributed by atoms with Crippen molar-refractivity contribution in [2.24, 2.45) is 0 Å². The van der Waals surface area contributed by atoms with Gasteiger partial charge in [-0.05, 0) is 36.4 Å². The third kappa shape index (κ3) is 2.45. The molecule has 21 heavy (non-hydrogen) atoms. The highest BCUT2D eigenvalue weighted by Crippen LogP contribution is 2.30. The maximum absolute atomic E-state index is 12.6. The van der Waals surface area contributed by atoms with Gasteiger partial charge < -0.3 is 10.6 Å². The molecule has 0 unspecified atom stereocenters. The molecule has 0 atom stereocenters. The molecule has 0 spiro atoms. The minimum absolute atomic E-state index is 0.0314. The zero-order chi connectivity index (χ0) is 14.8. The highest BCUT2D eigenvalue weighted by molar-refractivity contribution is 6.15. The summed E-state index contributed by atoms with van der Waals surface area (Å²) in [6, 6.07) is 14.5. The molecular formula is C16H15N3O2. The topological polar surface area (TPSA) is 61.4 Å². The Bertz CT molecular complexity index is 695. The normalized spacial score (nSPS) is 13.4. The summed E-state index contributed by atoms with van der Waals surface area (Å²) >= 11 is 0. The van der Waals surface area contributed by atoms with Crippen LogP contribution in [-0.2, 0) is 4.79 Å². The van der Waals surface area contributed by atoms with Crippen LogP contribution in [0.2, 0.25) is 0 Å². The summed E-state index contributed by atoms with van der Waals surface area (Å²) in [5, 5.41) is 5.78. The first-order valence-corrected chi connectivity index (χ1v) is 6.67. The highest BCUT2D eigenvalue weighted by Gasteiger charge is 2.27. The van der Waals surface area contributed by atoms with Gasteiger partial charge in [0.25, 0.3) is 5.91 Å². The molecule has 2 aromatic rings. The van der Waals surface area contributed by atoms with Crippen molar-refractivity contribution in [3.05, 3.63) is 54.1 Å². The summed E-state index contributed by atoms with van der Waals surface area (Å²) in [7, 11) is 1.82. The van der Waals surface area contributed by atoms with Crippen molar-refractivity contribution in [3.8, 4) is 0 Å². The lowest BCUT2D eigenvalue weighted by Gasteiger charge is -2.29. The Morgan fingerprint density at radius 1 is 1.14 bits per heavy atom. The molecule has 2 amide bonds. The van der Waals surface area contributed by atoms with Crippen LogP contribution < -0.4 is 15.5 Å². The summed E-state index contributed by atoms with van der Waals surface area (Å²) in [6.07, 6.45) is 0. The van der Waals surface area contributed by atoms with Crippen LogP contribution in [0.25, 0.3) is 0 Å². The maximum Gasteiger partial charge on any atom is 0.258 e. The molecule has 5 nitrogen and oxygen atoms in total. The molecule has 5 heteroatoms. The van der Waals surface area contributed by atoms with E-state index in [0.29, 0.717) is 11.3 Å². The molecule has 2 N–H and O–H groups in total. The van der Waals surface area contributed by atoms with E-state index >= 15 is 0 Å². The summed E-state index contributed by atoms with van der Waals surface area (Å²) in [5.41, 5.74) is 2.87. The van der Waals surface area contributed by atoms with E-state index in [9.17, 15) is 9.59 Å². The number of hydrogen-bond donors (Lipinski definition) is 2. The molecule has 1 heterocycles. The molecule has 3 rings (SSSR count). The molecular weight excluding hydrogens is 266 g/mol. The van der Waals surface area contributed by atoms with E-state index in [0.717, 1.165) is 11.4 Å². The predicted octanol–water partition coefficient (Wildman–Crippen LogP) is 2.33. The van der Waals surface area contributed by atoms with Gasteiger partial charge >= 0.3 is 0 Å². The first kappa shape index (κ1) is 13.2. The fraction of sp³-hybridized carbons (Fsp3) is 0.125. The van der Waals surface area contributed by atoms with Gasteiger partial charge in [0.1, 0.15) is 6.54 Å². The molecule has 0 radical (unpaired) electrons. The summed E-state index contributed by atoms with van der Waals surface area (Å²) in [5.74, 6) is -0.367. The number of nitrogens with one attached hydrogen (secondary N) is 2. The number of fused-ring (bicyclic) bond motifs is 1. The summed E-state index contributed by atoms with van der Waals surface area (Å²) in [4.78, 5) is 25.9. The Balaban J connectivity index is 1.95. The van der Waals surface area contributed by atoms with Crippen molar-refractivity contribution in [3.63, 3.8) is 0 Å². The fourth-order valence-corrected chi connectivity index (χ4v) is 2.35. The quantitative estimate of drug-likeness (QED) is 0.888. The molecule has 1 aliphatic heterocycles.